The highest BCUT2D eigenvalue weighted by Crippen LogP contribution is 2.38. The number of pyridine rings is 1. The Morgan fingerprint density at radius 2 is 1.79 bits per heavy atom. The average Bonchev–Trinajstić information content (AvgIpc) is 3.15. The Morgan fingerprint density at radius 1 is 1.00 bits per heavy atom. The molecule has 0 spiro atoms. The van der Waals surface area contributed by atoms with Gasteiger partial charge in [0.05, 0.1) is 19.7 Å². The van der Waals surface area contributed by atoms with E-state index in [9.17, 15) is 4.79 Å². The Kier molecular flexibility index (Phi) is 4.70. The number of hydrogen-bond acceptors (Lipinski definition) is 7. The Labute approximate surface area is 165 Å². The molecule has 2 heterocycles. The van der Waals surface area contributed by atoms with Crippen LogP contribution in [0, 0.1) is 6.92 Å². The van der Waals surface area contributed by atoms with Gasteiger partial charge < -0.3 is 9.47 Å². The van der Waals surface area contributed by atoms with E-state index in [1.807, 2.05) is 37.3 Å². The third-order valence-electron chi connectivity index (χ3n) is 4.28. The van der Waals surface area contributed by atoms with Gasteiger partial charge in [-0.3, -0.25) is 20.6 Å². The lowest BCUT2D eigenvalue weighted by Gasteiger charge is -2.06. The third kappa shape index (κ3) is 3.29. The van der Waals surface area contributed by atoms with Gasteiger partial charge in [-0.2, -0.15) is 0 Å². The van der Waals surface area contributed by atoms with Crippen LogP contribution >= 0.6 is 11.3 Å². The van der Waals surface area contributed by atoms with Gasteiger partial charge in [0.1, 0.15) is 21.7 Å². The first kappa shape index (κ1) is 18.0. The number of aromatic nitrogens is 2. The zero-order valence-electron chi connectivity index (χ0n) is 15.6. The molecule has 2 aromatic carbocycles. The quantitative estimate of drug-likeness (QED) is 0.499. The smallest absolute Gasteiger partial charge is 0.269 e. The number of carbonyl (C=O) groups is 1. The first-order chi connectivity index (χ1) is 13.6. The lowest BCUT2D eigenvalue weighted by atomic mass is 10.1. The molecule has 0 radical (unpaired) electrons. The normalized spacial score (nSPS) is 10.8. The fourth-order valence-corrected chi connectivity index (χ4v) is 3.82. The minimum atomic E-state index is -0.263. The molecule has 4 rings (SSSR count). The number of aryl methyl sites for hydroxylation is 1. The van der Waals surface area contributed by atoms with E-state index in [2.05, 4.69) is 20.8 Å². The molecule has 7 nitrogen and oxygen atoms in total. The predicted octanol–water partition coefficient (Wildman–Crippen LogP) is 3.93. The molecule has 142 valence electrons. The standard InChI is InChI=1S/C20H18N4O3S/c1-11-4-5-12-10-13(6-7-14(12)21-11)19(25)23-24-20-22-17-15(26-2)8-9-16(27-3)18(17)28-20/h4-10H,1-3H3,(H,22,24)(H,23,25). The highest BCUT2D eigenvalue weighted by atomic mass is 32.1. The van der Waals surface area contributed by atoms with Crippen LogP contribution < -0.4 is 20.3 Å². The summed E-state index contributed by atoms with van der Waals surface area (Å²) in [6.45, 7) is 1.94. The van der Waals surface area contributed by atoms with Crippen molar-refractivity contribution in [2.45, 2.75) is 6.92 Å². The fourth-order valence-electron chi connectivity index (χ4n) is 2.89. The zero-order chi connectivity index (χ0) is 19.7. The van der Waals surface area contributed by atoms with Crippen LogP contribution in [-0.4, -0.2) is 30.1 Å². The molecular weight excluding hydrogens is 376 g/mol. The summed E-state index contributed by atoms with van der Waals surface area (Å²) in [6.07, 6.45) is 0. The molecule has 0 aliphatic carbocycles. The van der Waals surface area contributed by atoms with Crippen molar-refractivity contribution in [2.24, 2.45) is 0 Å². The maximum Gasteiger partial charge on any atom is 0.269 e. The van der Waals surface area contributed by atoms with Gasteiger partial charge in [-0.05, 0) is 43.3 Å². The first-order valence-corrected chi connectivity index (χ1v) is 9.36. The van der Waals surface area contributed by atoms with Crippen LogP contribution in [0.4, 0.5) is 5.13 Å². The summed E-state index contributed by atoms with van der Waals surface area (Å²) in [5.41, 5.74) is 8.56. The monoisotopic (exact) mass is 394 g/mol. The highest BCUT2D eigenvalue weighted by Gasteiger charge is 2.14. The van der Waals surface area contributed by atoms with Crippen molar-refractivity contribution in [1.82, 2.24) is 15.4 Å². The average molecular weight is 394 g/mol. The van der Waals surface area contributed by atoms with E-state index in [1.165, 1.54) is 11.3 Å². The molecule has 2 aromatic heterocycles. The number of anilines is 1. The maximum absolute atomic E-state index is 12.5. The van der Waals surface area contributed by atoms with Crippen LogP contribution in [0.5, 0.6) is 11.5 Å². The minimum absolute atomic E-state index is 0.263. The van der Waals surface area contributed by atoms with Crippen molar-refractivity contribution < 1.29 is 14.3 Å². The summed E-state index contributed by atoms with van der Waals surface area (Å²) in [7, 11) is 3.19. The van der Waals surface area contributed by atoms with Crippen LogP contribution in [0.2, 0.25) is 0 Å². The van der Waals surface area contributed by atoms with Crippen molar-refractivity contribution in [3.05, 3.63) is 53.7 Å². The van der Waals surface area contributed by atoms with Gasteiger partial charge in [-0.25, -0.2) is 4.98 Å². The number of carbonyl (C=O) groups excluding carboxylic acids is 1. The summed E-state index contributed by atoms with van der Waals surface area (Å²) < 4.78 is 11.6. The molecule has 2 N–H and O–H groups in total. The number of fused-ring (bicyclic) bond motifs is 2. The van der Waals surface area contributed by atoms with E-state index in [1.54, 1.807) is 26.4 Å². The predicted molar refractivity (Wildman–Crippen MR) is 110 cm³/mol. The van der Waals surface area contributed by atoms with Gasteiger partial charge in [0.15, 0.2) is 0 Å². The largest absolute Gasteiger partial charge is 0.495 e. The Bertz CT molecular complexity index is 1150. The van der Waals surface area contributed by atoms with E-state index in [-0.39, 0.29) is 5.91 Å². The number of methoxy groups -OCH3 is 2. The van der Waals surface area contributed by atoms with Crippen LogP contribution in [-0.2, 0) is 0 Å². The third-order valence-corrected chi connectivity index (χ3v) is 5.27. The lowest BCUT2D eigenvalue weighted by molar-refractivity contribution is 0.0963. The first-order valence-electron chi connectivity index (χ1n) is 8.54. The summed E-state index contributed by atoms with van der Waals surface area (Å²) in [5.74, 6) is 1.08. The lowest BCUT2D eigenvalue weighted by Crippen LogP contribution is -2.29. The molecule has 0 unspecified atom stereocenters. The molecule has 8 heteroatoms. The number of benzene rings is 2. The van der Waals surface area contributed by atoms with E-state index < -0.39 is 0 Å². The van der Waals surface area contributed by atoms with E-state index in [4.69, 9.17) is 9.47 Å². The number of nitrogens with one attached hydrogen (secondary N) is 2. The van der Waals surface area contributed by atoms with E-state index in [0.29, 0.717) is 27.7 Å². The minimum Gasteiger partial charge on any atom is -0.495 e. The number of ether oxygens (including phenoxy) is 2. The molecule has 0 saturated heterocycles. The van der Waals surface area contributed by atoms with Crippen LogP contribution in [0.3, 0.4) is 0 Å². The van der Waals surface area contributed by atoms with Gasteiger partial charge in [-0.15, -0.1) is 0 Å². The summed E-state index contributed by atoms with van der Waals surface area (Å²) in [4.78, 5) is 21.5. The molecule has 0 fully saturated rings. The molecular formula is C20H18N4O3S. The van der Waals surface area contributed by atoms with Gasteiger partial charge in [0, 0.05) is 16.6 Å². The second-order valence-electron chi connectivity index (χ2n) is 6.11. The Hall–Kier alpha value is -3.39. The number of hydrogen-bond donors (Lipinski definition) is 2. The fraction of sp³-hybridized carbons (Fsp3) is 0.150. The van der Waals surface area contributed by atoms with Gasteiger partial charge >= 0.3 is 0 Å². The van der Waals surface area contributed by atoms with Crippen LogP contribution in [0.25, 0.3) is 21.1 Å². The van der Waals surface area contributed by atoms with E-state index >= 15 is 0 Å². The maximum atomic E-state index is 12.5. The van der Waals surface area contributed by atoms with Crippen molar-refractivity contribution in [2.75, 3.05) is 19.6 Å². The van der Waals surface area contributed by atoms with Gasteiger partial charge in [0.2, 0.25) is 5.13 Å². The van der Waals surface area contributed by atoms with Crippen molar-refractivity contribution in [3.8, 4) is 11.5 Å². The number of thiazole rings is 1. The molecule has 0 bridgehead atoms. The van der Waals surface area contributed by atoms with Crippen molar-refractivity contribution >= 4 is 43.5 Å². The van der Waals surface area contributed by atoms with E-state index in [0.717, 1.165) is 21.3 Å². The molecule has 0 atom stereocenters. The second kappa shape index (κ2) is 7.32. The Balaban J connectivity index is 1.55. The molecule has 1 amide bonds. The summed E-state index contributed by atoms with van der Waals surface area (Å²) in [5, 5.41) is 1.44. The van der Waals surface area contributed by atoms with Crippen LogP contribution in [0.15, 0.2) is 42.5 Å². The molecule has 28 heavy (non-hydrogen) atoms. The summed E-state index contributed by atoms with van der Waals surface area (Å²) >= 11 is 1.37. The molecule has 0 aliphatic rings. The van der Waals surface area contributed by atoms with Gasteiger partial charge in [0.25, 0.3) is 5.91 Å². The number of hydrazine groups is 1. The molecule has 0 aliphatic heterocycles. The SMILES string of the molecule is COc1ccc(OC)c2sc(NNC(=O)c3ccc4nc(C)ccc4c3)nc12. The molecule has 4 aromatic rings. The topological polar surface area (TPSA) is 85.4 Å². The van der Waals surface area contributed by atoms with Gasteiger partial charge in [-0.1, -0.05) is 17.4 Å². The summed E-state index contributed by atoms with van der Waals surface area (Å²) in [6, 6.07) is 12.9. The zero-order valence-corrected chi connectivity index (χ0v) is 16.4. The van der Waals surface area contributed by atoms with Crippen LogP contribution in [0.1, 0.15) is 16.1 Å². The second-order valence-corrected chi connectivity index (χ2v) is 7.11. The highest BCUT2D eigenvalue weighted by molar-refractivity contribution is 7.22. The Morgan fingerprint density at radius 3 is 2.57 bits per heavy atom. The molecule has 0 saturated carbocycles. The van der Waals surface area contributed by atoms with Crippen molar-refractivity contribution in [3.63, 3.8) is 0 Å². The number of nitrogens with zero attached hydrogens (tertiary/aromatic N) is 2. The number of amides is 1. The number of rotatable bonds is 5. The van der Waals surface area contributed by atoms with Crippen molar-refractivity contribution in [1.29, 1.82) is 0 Å².